The number of unbranched alkanes of at least 4 members (excludes halogenated alkanes) is 12. The van der Waals surface area contributed by atoms with Crippen molar-refractivity contribution in [2.45, 2.75) is 154 Å². The van der Waals surface area contributed by atoms with Gasteiger partial charge in [-0.25, -0.2) is 0 Å². The van der Waals surface area contributed by atoms with Crippen molar-refractivity contribution in [3.8, 4) is 0 Å². The molecule has 0 spiro atoms. The molecule has 3 rings (SSSR count). The molecule has 1 fully saturated rings. The fraction of sp³-hybridized carbons (Fsp3) is 0.667. The number of benzene rings is 2. The Bertz CT molecular complexity index is 952. The van der Waals surface area contributed by atoms with Crippen molar-refractivity contribution < 1.29 is 14.7 Å². The average molecular weight is 571 g/mol. The predicted octanol–water partition coefficient (Wildman–Crippen LogP) is 10.0. The molecular formula is C36H59O3P. The Balaban J connectivity index is 1.66. The second-order valence-corrected chi connectivity index (χ2v) is 16.0. The molecule has 0 saturated heterocycles. The van der Waals surface area contributed by atoms with Crippen LogP contribution in [0.3, 0.4) is 0 Å². The van der Waals surface area contributed by atoms with Crippen LogP contribution >= 0.6 is 7.28 Å². The van der Waals surface area contributed by atoms with E-state index in [9.17, 15) is 14.7 Å². The van der Waals surface area contributed by atoms with E-state index in [2.05, 4.69) is 38.1 Å². The Kier molecular flexibility index (Phi) is 13.6. The van der Waals surface area contributed by atoms with E-state index < -0.39 is 12.4 Å². The zero-order valence-electron chi connectivity index (χ0n) is 25.8. The molecule has 2 aromatic carbocycles. The first-order valence-electron chi connectivity index (χ1n) is 16.8. The van der Waals surface area contributed by atoms with Gasteiger partial charge in [0.05, 0.1) is 0 Å². The Morgan fingerprint density at radius 1 is 0.525 bits per heavy atom. The zero-order chi connectivity index (χ0) is 28.8. The van der Waals surface area contributed by atoms with Gasteiger partial charge in [-0.3, -0.25) is 0 Å². The summed E-state index contributed by atoms with van der Waals surface area (Å²) in [5, 5.41) is -0.717. The van der Waals surface area contributed by atoms with E-state index in [-0.39, 0.29) is 0 Å². The Labute approximate surface area is 246 Å². The van der Waals surface area contributed by atoms with Crippen LogP contribution in [0.2, 0.25) is 0 Å². The zero-order valence-corrected chi connectivity index (χ0v) is 26.7. The number of rotatable bonds is 19. The molecule has 0 amide bonds. The third-order valence-corrected chi connectivity index (χ3v) is 13.0. The minimum absolute atomic E-state index is 0.309. The maximum atomic E-state index is 12.0. The molecule has 0 heterocycles. The van der Waals surface area contributed by atoms with Crippen molar-refractivity contribution in [3.05, 3.63) is 65.2 Å². The molecule has 1 aliphatic carbocycles. The minimum atomic E-state index is -5.22. The molecule has 2 aromatic rings. The van der Waals surface area contributed by atoms with Crippen molar-refractivity contribution >= 4 is 12.6 Å². The fourth-order valence-corrected chi connectivity index (χ4v) is 9.77. The molecule has 0 aliphatic heterocycles. The Hall–Kier alpha value is -1.25. The summed E-state index contributed by atoms with van der Waals surface area (Å²) in [5.41, 5.74) is 3.39. The van der Waals surface area contributed by atoms with Gasteiger partial charge in [-0.1, -0.05) is 20.3 Å². The molecule has 0 aromatic heterocycles. The van der Waals surface area contributed by atoms with Gasteiger partial charge >= 0.3 is 226 Å². The summed E-state index contributed by atoms with van der Waals surface area (Å²) in [4.78, 5) is 35.9. The van der Waals surface area contributed by atoms with Crippen LogP contribution in [0.1, 0.15) is 153 Å². The van der Waals surface area contributed by atoms with Crippen LogP contribution < -0.4 is 5.30 Å². The van der Waals surface area contributed by atoms with Crippen LogP contribution in [0.5, 0.6) is 0 Å². The summed E-state index contributed by atoms with van der Waals surface area (Å²) in [6.07, 6.45) is 24.2. The van der Waals surface area contributed by atoms with Gasteiger partial charge in [0.25, 0.3) is 0 Å². The van der Waals surface area contributed by atoms with Crippen LogP contribution in [0.15, 0.2) is 48.5 Å². The summed E-state index contributed by atoms with van der Waals surface area (Å²) in [6.45, 7) is 4.51. The van der Waals surface area contributed by atoms with Gasteiger partial charge in [-0.05, 0) is 0 Å². The van der Waals surface area contributed by atoms with Gasteiger partial charge < -0.3 is 0 Å². The van der Waals surface area contributed by atoms with Gasteiger partial charge in [-0.15, -0.1) is 0 Å². The summed E-state index contributed by atoms with van der Waals surface area (Å²) in [6, 6.07) is 16.0. The quantitative estimate of drug-likeness (QED) is 0.116. The molecular weight excluding hydrogens is 511 g/mol. The van der Waals surface area contributed by atoms with E-state index in [0.29, 0.717) is 18.1 Å². The van der Waals surface area contributed by atoms with Crippen LogP contribution in [0.4, 0.5) is 0 Å². The topological polar surface area (TPSA) is 60.7 Å². The third-order valence-electron chi connectivity index (χ3n) is 9.51. The van der Waals surface area contributed by atoms with Crippen LogP contribution in [-0.2, 0) is 18.0 Å². The van der Waals surface area contributed by atoms with E-state index in [1.807, 2.05) is 12.1 Å². The molecule has 4 heteroatoms. The number of hydrogen-bond donors (Lipinski definition) is 3. The Morgan fingerprint density at radius 3 is 1.38 bits per heavy atom. The molecule has 0 bridgehead atoms. The molecule has 0 atom stereocenters. The van der Waals surface area contributed by atoms with Crippen LogP contribution in [0, 0.1) is 0 Å². The van der Waals surface area contributed by atoms with Crippen LogP contribution in [-0.4, -0.2) is 14.7 Å². The molecule has 3 N–H and O–H groups in total. The van der Waals surface area contributed by atoms with Gasteiger partial charge in [0, 0.05) is 0 Å². The van der Waals surface area contributed by atoms with Gasteiger partial charge in [0.2, 0.25) is 0 Å². The van der Waals surface area contributed by atoms with Crippen molar-refractivity contribution in [1.82, 2.24) is 0 Å². The standard InChI is InChI=1S/C36H59O3P/c1-3-5-7-9-11-13-16-20-32-22-26-34(27-23-32)36(30-18-15-19-31-36)40(37,38,39)35-28-24-33(25-29-35)21-17-14-12-10-8-6-4-2/h22-29,37-39H,3-21,30-31H2,1-2H3. The fourth-order valence-electron chi connectivity index (χ4n) is 6.81. The average Bonchev–Trinajstić information content (AvgIpc) is 2.97. The molecule has 3 nitrogen and oxygen atoms in total. The SMILES string of the molecule is CCCCCCCCCc1ccc(C2(P(O)(O)(O)c3ccc(CCCCCCCCC)cc3)CCCCC2)cc1. The first-order valence-corrected chi connectivity index (χ1v) is 18.9. The number of hydrogen-bond acceptors (Lipinski definition) is 3. The Morgan fingerprint density at radius 2 is 0.925 bits per heavy atom. The first kappa shape index (κ1) is 33.3. The van der Waals surface area contributed by atoms with E-state index in [4.69, 9.17) is 0 Å². The van der Waals surface area contributed by atoms with E-state index in [1.54, 1.807) is 12.1 Å². The van der Waals surface area contributed by atoms with Crippen molar-refractivity contribution in [1.29, 1.82) is 0 Å². The molecule has 0 unspecified atom stereocenters. The van der Waals surface area contributed by atoms with Gasteiger partial charge in [0.15, 0.2) is 0 Å². The second-order valence-electron chi connectivity index (χ2n) is 12.7. The normalized spacial score (nSPS) is 16.5. The van der Waals surface area contributed by atoms with Crippen LogP contribution in [0.25, 0.3) is 0 Å². The molecule has 1 aliphatic rings. The molecule has 0 radical (unpaired) electrons. The maximum absolute atomic E-state index is 12.0. The van der Waals surface area contributed by atoms with Gasteiger partial charge in [0.1, 0.15) is 0 Å². The summed E-state index contributed by atoms with van der Waals surface area (Å²) in [5.74, 6) is 0. The second kappa shape index (κ2) is 16.4. The van der Waals surface area contributed by atoms with E-state index in [0.717, 1.165) is 44.1 Å². The molecule has 1 saturated carbocycles. The van der Waals surface area contributed by atoms with Crippen molar-refractivity contribution in [3.63, 3.8) is 0 Å². The monoisotopic (exact) mass is 570 g/mol. The van der Waals surface area contributed by atoms with Gasteiger partial charge in [-0.2, -0.15) is 0 Å². The predicted molar refractivity (Wildman–Crippen MR) is 174 cm³/mol. The van der Waals surface area contributed by atoms with Crippen molar-refractivity contribution in [2.75, 3.05) is 0 Å². The molecule has 226 valence electrons. The molecule has 40 heavy (non-hydrogen) atoms. The summed E-state index contributed by atoms with van der Waals surface area (Å²) < 4.78 is 0. The third kappa shape index (κ3) is 8.87. The first-order chi connectivity index (χ1) is 19.3. The number of aryl methyl sites for hydroxylation is 2. The summed E-state index contributed by atoms with van der Waals surface area (Å²) in [7, 11) is -5.22. The van der Waals surface area contributed by atoms with E-state index in [1.165, 1.54) is 94.6 Å². The van der Waals surface area contributed by atoms with Crippen molar-refractivity contribution in [2.24, 2.45) is 0 Å². The van der Waals surface area contributed by atoms with E-state index >= 15 is 0 Å². The summed E-state index contributed by atoms with van der Waals surface area (Å²) >= 11 is 0.